The summed E-state index contributed by atoms with van der Waals surface area (Å²) in [5.41, 5.74) is 1.68. The molecule has 2 saturated heterocycles. The van der Waals surface area contributed by atoms with Crippen LogP contribution in [0.4, 0.5) is 0 Å². The number of likely N-dealkylation sites (tertiary alicyclic amines) is 2. The van der Waals surface area contributed by atoms with E-state index < -0.39 is 0 Å². The number of amides is 1. The summed E-state index contributed by atoms with van der Waals surface area (Å²) in [7, 11) is 0. The highest BCUT2D eigenvalue weighted by atomic mass is 16.5. The molecule has 0 radical (unpaired) electrons. The zero-order valence-corrected chi connectivity index (χ0v) is 16.7. The molecule has 1 amide bonds. The number of nitrogens with one attached hydrogen (secondary N) is 1. The molecule has 4 rings (SSSR count). The molecule has 2 aliphatic heterocycles. The maximum atomic E-state index is 12.8. The normalized spacial score (nSPS) is 24.1. The highest BCUT2D eigenvalue weighted by Gasteiger charge is 2.26. The minimum Gasteiger partial charge on any atom is -0.489 e. The van der Waals surface area contributed by atoms with Gasteiger partial charge in [0.15, 0.2) is 0 Å². The molecule has 2 aromatic rings. The van der Waals surface area contributed by atoms with Gasteiger partial charge in [0.05, 0.1) is 0 Å². The van der Waals surface area contributed by atoms with E-state index in [0.717, 1.165) is 55.7 Å². The number of piperidine rings is 1. The number of aromatic nitrogens is 1. The molecule has 2 fully saturated rings. The van der Waals surface area contributed by atoms with E-state index in [4.69, 9.17) is 4.74 Å². The van der Waals surface area contributed by atoms with Crippen LogP contribution >= 0.6 is 0 Å². The molecule has 3 heterocycles. The van der Waals surface area contributed by atoms with E-state index in [1.54, 1.807) is 0 Å². The average Bonchev–Trinajstić information content (AvgIpc) is 3.27. The van der Waals surface area contributed by atoms with Crippen LogP contribution in [-0.2, 0) is 0 Å². The Kier molecular flexibility index (Phi) is 5.13. The second-order valence-corrected chi connectivity index (χ2v) is 8.55. The number of rotatable bonds is 4. The maximum absolute atomic E-state index is 12.8. The second kappa shape index (κ2) is 7.55. The Balaban J connectivity index is 1.46. The molecule has 1 N–H and O–H groups in total. The van der Waals surface area contributed by atoms with Gasteiger partial charge < -0.3 is 14.6 Å². The zero-order chi connectivity index (χ0) is 19.0. The lowest BCUT2D eigenvalue weighted by Crippen LogP contribution is -2.39. The fraction of sp³-hybridized carbons (Fsp3) is 0.591. The van der Waals surface area contributed by atoms with Crippen LogP contribution in [0, 0.1) is 5.92 Å². The lowest BCUT2D eigenvalue weighted by molar-refractivity contribution is 0.0678. The van der Waals surface area contributed by atoms with Crippen LogP contribution in [0.25, 0.3) is 10.9 Å². The van der Waals surface area contributed by atoms with Crippen molar-refractivity contribution in [2.75, 3.05) is 26.2 Å². The van der Waals surface area contributed by atoms with Crippen molar-refractivity contribution in [3.63, 3.8) is 0 Å². The number of ether oxygens (including phenoxy) is 1. The third-order valence-electron chi connectivity index (χ3n) is 5.98. The van der Waals surface area contributed by atoms with Gasteiger partial charge >= 0.3 is 0 Å². The van der Waals surface area contributed by atoms with Crippen LogP contribution in [0.2, 0.25) is 0 Å². The van der Waals surface area contributed by atoms with Gasteiger partial charge in [0.25, 0.3) is 5.91 Å². The van der Waals surface area contributed by atoms with Gasteiger partial charge in [-0.15, -0.1) is 0 Å². The number of hydrogen-bond acceptors (Lipinski definition) is 3. The van der Waals surface area contributed by atoms with Crippen LogP contribution in [0.15, 0.2) is 24.3 Å². The molecule has 1 aromatic heterocycles. The smallest absolute Gasteiger partial charge is 0.270 e. The fourth-order valence-electron chi connectivity index (χ4n) is 4.36. The predicted molar refractivity (Wildman–Crippen MR) is 108 cm³/mol. The topological polar surface area (TPSA) is 48.6 Å². The highest BCUT2D eigenvalue weighted by molar-refractivity contribution is 5.98. The molecule has 5 nitrogen and oxygen atoms in total. The molecule has 0 spiro atoms. The molecule has 2 unspecified atom stereocenters. The number of nitrogens with zero attached hydrogens (tertiary/aromatic N) is 2. The number of H-pyrrole nitrogens is 1. The van der Waals surface area contributed by atoms with E-state index in [2.05, 4.69) is 36.7 Å². The summed E-state index contributed by atoms with van der Waals surface area (Å²) < 4.78 is 6.21. The molecule has 27 heavy (non-hydrogen) atoms. The summed E-state index contributed by atoms with van der Waals surface area (Å²) in [4.78, 5) is 20.6. The van der Waals surface area contributed by atoms with Gasteiger partial charge in [0.2, 0.25) is 0 Å². The van der Waals surface area contributed by atoms with Gasteiger partial charge in [0.1, 0.15) is 17.5 Å². The van der Waals surface area contributed by atoms with Gasteiger partial charge in [-0.3, -0.25) is 9.69 Å². The van der Waals surface area contributed by atoms with Gasteiger partial charge in [-0.25, -0.2) is 0 Å². The average molecular weight is 370 g/mol. The molecule has 5 heteroatoms. The number of carbonyl (C=O) groups excluding carboxylic acids is 1. The lowest BCUT2D eigenvalue weighted by Gasteiger charge is -2.30. The summed E-state index contributed by atoms with van der Waals surface area (Å²) >= 11 is 0. The largest absolute Gasteiger partial charge is 0.489 e. The van der Waals surface area contributed by atoms with Crippen molar-refractivity contribution in [1.29, 1.82) is 0 Å². The van der Waals surface area contributed by atoms with E-state index in [1.165, 1.54) is 6.42 Å². The minimum atomic E-state index is 0.114. The molecule has 0 saturated carbocycles. The van der Waals surface area contributed by atoms with E-state index in [0.29, 0.717) is 17.7 Å². The first-order valence-corrected chi connectivity index (χ1v) is 10.3. The summed E-state index contributed by atoms with van der Waals surface area (Å²) in [5.74, 6) is 1.59. The van der Waals surface area contributed by atoms with Crippen LogP contribution in [0.1, 0.15) is 50.5 Å². The van der Waals surface area contributed by atoms with Crippen molar-refractivity contribution in [3.05, 3.63) is 30.0 Å². The molecular formula is C22H31N3O2. The predicted octanol–water partition coefficient (Wildman–Crippen LogP) is 3.90. The summed E-state index contributed by atoms with van der Waals surface area (Å²) in [6, 6.07) is 8.62. The van der Waals surface area contributed by atoms with Gasteiger partial charge in [-0.05, 0) is 63.3 Å². The number of benzene rings is 1. The first-order chi connectivity index (χ1) is 13.0. The van der Waals surface area contributed by atoms with Crippen LogP contribution in [-0.4, -0.2) is 59.0 Å². The zero-order valence-electron chi connectivity index (χ0n) is 16.7. The SMILES string of the molecule is CC1CCCN(C(=O)c2cc3cc(OC4CCN(C(C)C)C4)ccc3[nH]2)C1. The summed E-state index contributed by atoms with van der Waals surface area (Å²) in [5, 5.41) is 1.04. The number of aromatic amines is 1. The molecule has 146 valence electrons. The Morgan fingerprint density at radius 3 is 2.78 bits per heavy atom. The van der Waals surface area contributed by atoms with Gasteiger partial charge in [0, 0.05) is 43.1 Å². The molecular weight excluding hydrogens is 338 g/mol. The quantitative estimate of drug-likeness (QED) is 0.889. The molecule has 1 aromatic carbocycles. The molecule has 2 atom stereocenters. The Morgan fingerprint density at radius 1 is 1.19 bits per heavy atom. The maximum Gasteiger partial charge on any atom is 0.270 e. The standard InChI is InChI=1S/C22H31N3O2/c1-15(2)24-10-8-19(14-24)27-18-6-7-20-17(11-18)12-21(23-20)22(26)25-9-4-5-16(3)13-25/h6-7,11-12,15-16,19,23H,4-5,8-10,13-14H2,1-3H3. The second-order valence-electron chi connectivity index (χ2n) is 8.55. The van der Waals surface area contributed by atoms with E-state index in [-0.39, 0.29) is 12.0 Å². The first-order valence-electron chi connectivity index (χ1n) is 10.3. The van der Waals surface area contributed by atoms with Crippen molar-refractivity contribution in [2.24, 2.45) is 5.92 Å². The lowest BCUT2D eigenvalue weighted by atomic mass is 10.00. The van der Waals surface area contributed by atoms with Crippen LogP contribution < -0.4 is 4.74 Å². The van der Waals surface area contributed by atoms with E-state index in [1.807, 2.05) is 23.1 Å². The Morgan fingerprint density at radius 2 is 2.04 bits per heavy atom. The van der Waals surface area contributed by atoms with E-state index in [9.17, 15) is 4.79 Å². The third-order valence-corrected chi connectivity index (χ3v) is 5.98. The van der Waals surface area contributed by atoms with Crippen LogP contribution in [0.5, 0.6) is 5.75 Å². The summed E-state index contributed by atoms with van der Waals surface area (Å²) in [6.45, 7) is 10.5. The number of hydrogen-bond donors (Lipinski definition) is 1. The molecule has 2 aliphatic rings. The van der Waals surface area contributed by atoms with Crippen LogP contribution in [0.3, 0.4) is 0 Å². The van der Waals surface area contributed by atoms with Crippen molar-refractivity contribution in [3.8, 4) is 5.75 Å². The third kappa shape index (κ3) is 3.98. The fourth-order valence-corrected chi connectivity index (χ4v) is 4.36. The first kappa shape index (κ1) is 18.4. The van der Waals surface area contributed by atoms with Gasteiger partial charge in [-0.1, -0.05) is 6.92 Å². The van der Waals surface area contributed by atoms with E-state index >= 15 is 0 Å². The monoisotopic (exact) mass is 369 g/mol. The van der Waals surface area contributed by atoms with Crippen molar-refractivity contribution >= 4 is 16.8 Å². The van der Waals surface area contributed by atoms with Crippen molar-refractivity contribution in [1.82, 2.24) is 14.8 Å². The highest BCUT2D eigenvalue weighted by Crippen LogP contribution is 2.26. The Bertz CT molecular complexity index is 813. The van der Waals surface area contributed by atoms with Gasteiger partial charge in [-0.2, -0.15) is 0 Å². The molecule has 0 bridgehead atoms. The van der Waals surface area contributed by atoms with Crippen molar-refractivity contribution in [2.45, 2.75) is 52.2 Å². The van der Waals surface area contributed by atoms with Crippen molar-refractivity contribution < 1.29 is 9.53 Å². The number of carbonyl (C=O) groups is 1. The summed E-state index contributed by atoms with van der Waals surface area (Å²) in [6.07, 6.45) is 3.63. The minimum absolute atomic E-state index is 0.114. The Labute approximate surface area is 161 Å². The number of fused-ring (bicyclic) bond motifs is 1. The Hall–Kier alpha value is -2.01. The molecule has 0 aliphatic carbocycles.